The van der Waals surface area contributed by atoms with Crippen molar-refractivity contribution in [2.24, 2.45) is 0 Å². The Balaban J connectivity index is 2.77. The summed E-state index contributed by atoms with van der Waals surface area (Å²) in [5, 5.41) is 0. The van der Waals surface area contributed by atoms with Crippen molar-refractivity contribution in [3.8, 4) is 0 Å². The summed E-state index contributed by atoms with van der Waals surface area (Å²) >= 11 is 0. The second-order valence-electron chi connectivity index (χ2n) is 2.88. The van der Waals surface area contributed by atoms with E-state index in [-0.39, 0.29) is 5.92 Å². The average molecular weight is 152 g/mol. The molecular formula is C10H13F. The maximum absolute atomic E-state index is 12.8. The molecule has 0 fully saturated rings. The first-order chi connectivity index (χ1) is 5.22. The van der Waals surface area contributed by atoms with Crippen molar-refractivity contribution in [1.29, 1.82) is 0 Å². The predicted octanol–water partition coefficient (Wildman–Crippen LogP) is 3.15. The van der Waals surface area contributed by atoms with Gasteiger partial charge in [0, 0.05) is 5.92 Å². The van der Waals surface area contributed by atoms with Crippen LogP contribution in [0.15, 0.2) is 30.3 Å². The summed E-state index contributed by atoms with van der Waals surface area (Å²) in [4.78, 5) is 0. The number of rotatable bonds is 2. The highest BCUT2D eigenvalue weighted by Crippen LogP contribution is 2.20. The van der Waals surface area contributed by atoms with Gasteiger partial charge in [-0.1, -0.05) is 37.3 Å². The molecule has 0 spiro atoms. The summed E-state index contributed by atoms with van der Waals surface area (Å²) in [5.74, 6) is 0.0104. The summed E-state index contributed by atoms with van der Waals surface area (Å²) in [5.41, 5.74) is 1.07. The zero-order valence-corrected chi connectivity index (χ0v) is 6.92. The molecule has 2 atom stereocenters. The monoisotopic (exact) mass is 152 g/mol. The van der Waals surface area contributed by atoms with E-state index in [0.29, 0.717) is 0 Å². The Morgan fingerprint density at radius 3 is 2.09 bits per heavy atom. The maximum atomic E-state index is 12.8. The van der Waals surface area contributed by atoms with E-state index >= 15 is 0 Å². The zero-order chi connectivity index (χ0) is 8.27. The third-order valence-corrected chi connectivity index (χ3v) is 2.01. The van der Waals surface area contributed by atoms with Gasteiger partial charge >= 0.3 is 0 Å². The van der Waals surface area contributed by atoms with E-state index in [1.807, 2.05) is 37.3 Å². The summed E-state index contributed by atoms with van der Waals surface area (Å²) in [6.45, 7) is 3.50. The van der Waals surface area contributed by atoms with Crippen molar-refractivity contribution in [3.05, 3.63) is 35.9 Å². The Kier molecular flexibility index (Phi) is 2.64. The van der Waals surface area contributed by atoms with E-state index in [4.69, 9.17) is 0 Å². The quantitative estimate of drug-likeness (QED) is 0.610. The number of hydrogen-bond donors (Lipinski definition) is 0. The second-order valence-corrected chi connectivity index (χ2v) is 2.88. The lowest BCUT2D eigenvalue weighted by atomic mass is 9.98. The third-order valence-electron chi connectivity index (χ3n) is 2.01. The van der Waals surface area contributed by atoms with Gasteiger partial charge in [-0.05, 0) is 12.5 Å². The van der Waals surface area contributed by atoms with E-state index in [1.54, 1.807) is 6.92 Å². The molecule has 0 nitrogen and oxygen atoms in total. The summed E-state index contributed by atoms with van der Waals surface area (Å²) < 4.78 is 12.8. The van der Waals surface area contributed by atoms with E-state index in [2.05, 4.69) is 0 Å². The second kappa shape index (κ2) is 3.51. The molecule has 0 bridgehead atoms. The van der Waals surface area contributed by atoms with Crippen LogP contribution in [-0.2, 0) is 0 Å². The predicted molar refractivity (Wildman–Crippen MR) is 45.4 cm³/mol. The number of benzene rings is 1. The molecule has 0 heterocycles. The number of alkyl halides is 1. The van der Waals surface area contributed by atoms with Crippen LogP contribution in [0.25, 0.3) is 0 Å². The van der Waals surface area contributed by atoms with Crippen molar-refractivity contribution in [2.45, 2.75) is 25.9 Å². The highest BCUT2D eigenvalue weighted by atomic mass is 19.1. The Bertz CT molecular complexity index is 203. The molecule has 0 amide bonds. The fraction of sp³-hybridized carbons (Fsp3) is 0.400. The normalized spacial score (nSPS) is 15.9. The minimum atomic E-state index is -0.766. The fourth-order valence-electron chi connectivity index (χ4n) is 1.02. The van der Waals surface area contributed by atoms with Gasteiger partial charge in [-0.15, -0.1) is 0 Å². The molecular weight excluding hydrogens is 139 g/mol. The molecule has 0 aliphatic carbocycles. The van der Waals surface area contributed by atoms with Crippen LogP contribution in [0, 0.1) is 0 Å². The zero-order valence-electron chi connectivity index (χ0n) is 6.92. The van der Waals surface area contributed by atoms with Crippen LogP contribution in [0.2, 0.25) is 0 Å². The first-order valence-electron chi connectivity index (χ1n) is 3.91. The van der Waals surface area contributed by atoms with Crippen molar-refractivity contribution in [2.75, 3.05) is 0 Å². The molecule has 60 valence electrons. The van der Waals surface area contributed by atoms with Gasteiger partial charge in [0.2, 0.25) is 0 Å². The molecule has 11 heavy (non-hydrogen) atoms. The molecule has 0 saturated heterocycles. The van der Waals surface area contributed by atoms with Gasteiger partial charge in [0.05, 0.1) is 0 Å². The Labute approximate surface area is 67.1 Å². The molecule has 0 saturated carbocycles. The lowest BCUT2D eigenvalue weighted by molar-refractivity contribution is 0.317. The lowest BCUT2D eigenvalue weighted by Crippen LogP contribution is -2.05. The topological polar surface area (TPSA) is 0 Å². The molecule has 1 rings (SSSR count). The number of halogens is 1. The van der Waals surface area contributed by atoms with Gasteiger partial charge in [0.25, 0.3) is 0 Å². The molecule has 1 heteroatoms. The van der Waals surface area contributed by atoms with E-state index in [0.717, 1.165) is 5.56 Å². The highest BCUT2D eigenvalue weighted by molar-refractivity contribution is 5.19. The van der Waals surface area contributed by atoms with E-state index < -0.39 is 6.17 Å². The van der Waals surface area contributed by atoms with Gasteiger partial charge in [-0.2, -0.15) is 0 Å². The minimum absolute atomic E-state index is 0.0104. The molecule has 0 aliphatic heterocycles. The van der Waals surface area contributed by atoms with Crippen LogP contribution < -0.4 is 0 Å². The Hall–Kier alpha value is -0.850. The highest BCUT2D eigenvalue weighted by Gasteiger charge is 2.11. The lowest BCUT2D eigenvalue weighted by Gasteiger charge is -2.11. The van der Waals surface area contributed by atoms with Crippen LogP contribution in [0.4, 0.5) is 4.39 Å². The van der Waals surface area contributed by atoms with Crippen molar-refractivity contribution >= 4 is 0 Å². The van der Waals surface area contributed by atoms with Crippen molar-refractivity contribution in [1.82, 2.24) is 0 Å². The fourth-order valence-corrected chi connectivity index (χ4v) is 1.02. The Morgan fingerprint density at radius 1 is 1.09 bits per heavy atom. The largest absolute Gasteiger partial charge is 0.247 e. The molecule has 0 aliphatic rings. The van der Waals surface area contributed by atoms with Crippen LogP contribution in [0.3, 0.4) is 0 Å². The first-order valence-corrected chi connectivity index (χ1v) is 3.91. The average Bonchev–Trinajstić information content (AvgIpc) is 2.05. The van der Waals surface area contributed by atoms with Crippen LogP contribution in [0.5, 0.6) is 0 Å². The van der Waals surface area contributed by atoms with Gasteiger partial charge in [-0.25, -0.2) is 4.39 Å². The first kappa shape index (κ1) is 8.25. The minimum Gasteiger partial charge on any atom is -0.247 e. The summed E-state index contributed by atoms with van der Waals surface area (Å²) in [6, 6.07) is 9.74. The van der Waals surface area contributed by atoms with Crippen LogP contribution in [-0.4, -0.2) is 6.17 Å². The summed E-state index contributed by atoms with van der Waals surface area (Å²) in [6.07, 6.45) is -0.766. The number of hydrogen-bond acceptors (Lipinski definition) is 0. The molecule has 0 N–H and O–H groups in total. The summed E-state index contributed by atoms with van der Waals surface area (Å²) in [7, 11) is 0. The van der Waals surface area contributed by atoms with Gasteiger partial charge in [0.1, 0.15) is 6.17 Å². The van der Waals surface area contributed by atoms with Crippen molar-refractivity contribution in [3.63, 3.8) is 0 Å². The molecule has 0 radical (unpaired) electrons. The molecule has 2 unspecified atom stereocenters. The molecule has 1 aromatic carbocycles. The smallest absolute Gasteiger partial charge is 0.104 e. The van der Waals surface area contributed by atoms with Crippen LogP contribution >= 0.6 is 0 Å². The van der Waals surface area contributed by atoms with Gasteiger partial charge < -0.3 is 0 Å². The van der Waals surface area contributed by atoms with Gasteiger partial charge in [0.15, 0.2) is 0 Å². The molecule has 1 aromatic rings. The van der Waals surface area contributed by atoms with Crippen molar-refractivity contribution < 1.29 is 4.39 Å². The van der Waals surface area contributed by atoms with E-state index in [1.165, 1.54) is 0 Å². The van der Waals surface area contributed by atoms with Gasteiger partial charge in [-0.3, -0.25) is 0 Å². The maximum Gasteiger partial charge on any atom is 0.104 e. The standard InChI is InChI=1S/C10H13F/c1-8(9(2)11)10-6-4-3-5-7-10/h3-9H,1-2H3. The van der Waals surface area contributed by atoms with E-state index in [9.17, 15) is 4.39 Å². The third kappa shape index (κ3) is 2.04. The molecule has 0 aromatic heterocycles. The van der Waals surface area contributed by atoms with Crippen LogP contribution in [0.1, 0.15) is 25.3 Å². The Morgan fingerprint density at radius 2 is 1.64 bits per heavy atom. The SMILES string of the molecule is CC(F)C(C)c1ccccc1.